The smallest absolute Gasteiger partial charge is 0.343 e. The summed E-state index contributed by atoms with van der Waals surface area (Å²) in [6.45, 7) is 38.3. The first-order valence-electron chi connectivity index (χ1n) is 38.9. The summed E-state index contributed by atoms with van der Waals surface area (Å²) >= 11 is 0. The number of ether oxygens (including phenoxy) is 4. The monoisotopic (exact) mass is 1350 g/mol. The number of carbonyl (C=O) groups is 2. The van der Waals surface area contributed by atoms with E-state index in [1.165, 1.54) is 116 Å². The summed E-state index contributed by atoms with van der Waals surface area (Å²) in [4.78, 5) is 32.3. The number of azo groups is 2. The van der Waals surface area contributed by atoms with Gasteiger partial charge in [0.2, 0.25) is 0 Å². The van der Waals surface area contributed by atoms with Crippen molar-refractivity contribution in [3.63, 3.8) is 0 Å². The fourth-order valence-electron chi connectivity index (χ4n) is 12.9. The molecule has 0 amide bonds. The highest BCUT2D eigenvalue weighted by Crippen LogP contribution is 2.44. The molecular formula is C84H130N8O6. The minimum absolute atomic E-state index is 0.304. The first-order valence-corrected chi connectivity index (χ1v) is 38.9. The third kappa shape index (κ3) is 28.0. The highest BCUT2D eigenvalue weighted by Gasteiger charge is 2.26. The van der Waals surface area contributed by atoms with E-state index >= 15 is 0 Å². The van der Waals surface area contributed by atoms with Gasteiger partial charge in [-0.1, -0.05) is 199 Å². The molecular weight excluding hydrogens is 1220 g/mol. The minimum Gasteiger partial charge on any atom is -0.492 e. The molecule has 0 spiro atoms. The van der Waals surface area contributed by atoms with Gasteiger partial charge in [-0.15, -0.1) is 10.2 Å². The Kier molecular flexibility index (Phi) is 39.3. The van der Waals surface area contributed by atoms with Crippen LogP contribution in [0.5, 0.6) is 23.0 Å². The Labute approximate surface area is 594 Å². The lowest BCUT2D eigenvalue weighted by atomic mass is 9.95. The van der Waals surface area contributed by atoms with E-state index in [2.05, 4.69) is 128 Å². The lowest BCUT2D eigenvalue weighted by Gasteiger charge is -2.34. The molecule has 0 heterocycles. The number of nitrogens with zero attached hydrogens (tertiary/aromatic N) is 6. The van der Waals surface area contributed by atoms with Gasteiger partial charge in [0, 0.05) is 51.4 Å². The van der Waals surface area contributed by atoms with Crippen molar-refractivity contribution in [2.24, 2.45) is 56.0 Å². The molecule has 0 aliphatic rings. The number of unbranched alkanes of at least 4 members (excludes halogenated alkanes) is 6. The van der Waals surface area contributed by atoms with Crippen LogP contribution in [0.15, 0.2) is 118 Å². The third-order valence-corrected chi connectivity index (χ3v) is 19.8. The predicted octanol–water partition coefficient (Wildman–Crippen LogP) is 25.5. The maximum atomic E-state index is 13.5. The molecule has 98 heavy (non-hydrogen) atoms. The summed E-state index contributed by atoms with van der Waals surface area (Å²) in [5.74, 6) is 4.58. The molecule has 0 aromatic heterocycles. The maximum absolute atomic E-state index is 13.5. The van der Waals surface area contributed by atoms with Crippen LogP contribution in [0.25, 0.3) is 0 Å². The van der Waals surface area contributed by atoms with Crippen LogP contribution in [0.2, 0.25) is 0 Å². The highest BCUT2D eigenvalue weighted by molar-refractivity contribution is 5.92. The SMILES string of the molecule is CCCCC(CC)CNc1cc(N(CC(CC)CCCC)CC(CC)CCCC)c(OCC)cc1/N=N/c1ccc(C(=O)Oc2ccc(OC(=O)c3ccc(/N=N/c4cc(OCC)c(N(CC(CC)CCCC)CC(CC)CCCC)cc4NCC(CC)CCCC)cc3)cc2)cc1. The number of benzene rings is 5. The Morgan fingerprint density at radius 3 is 0.918 bits per heavy atom. The molecule has 542 valence electrons. The summed E-state index contributed by atoms with van der Waals surface area (Å²) in [7, 11) is 0. The molecule has 5 aromatic carbocycles. The molecule has 6 atom stereocenters. The molecule has 0 bridgehead atoms. The van der Waals surface area contributed by atoms with Gasteiger partial charge >= 0.3 is 11.9 Å². The number of hydrogen-bond acceptors (Lipinski definition) is 14. The molecule has 0 radical (unpaired) electrons. The summed E-state index contributed by atoms with van der Waals surface area (Å²) in [6.07, 6.45) is 28.4. The lowest BCUT2D eigenvalue weighted by Crippen LogP contribution is -2.34. The highest BCUT2D eigenvalue weighted by atomic mass is 16.5. The molecule has 6 unspecified atom stereocenters. The van der Waals surface area contributed by atoms with Crippen LogP contribution in [-0.2, 0) is 0 Å². The van der Waals surface area contributed by atoms with Crippen LogP contribution < -0.4 is 39.4 Å². The molecule has 0 fully saturated rings. The van der Waals surface area contributed by atoms with Crippen molar-refractivity contribution >= 4 is 57.4 Å². The van der Waals surface area contributed by atoms with Gasteiger partial charge in [0.25, 0.3) is 0 Å². The van der Waals surface area contributed by atoms with Gasteiger partial charge < -0.3 is 39.4 Å². The average Bonchev–Trinajstić information content (AvgIpc) is 2.11. The zero-order valence-corrected chi connectivity index (χ0v) is 63.5. The van der Waals surface area contributed by atoms with Gasteiger partial charge in [0.15, 0.2) is 0 Å². The quantitative estimate of drug-likeness (QED) is 0.0219. The molecule has 0 saturated carbocycles. The van der Waals surface area contributed by atoms with Crippen LogP contribution in [-0.4, -0.2) is 64.4 Å². The Morgan fingerprint density at radius 1 is 0.367 bits per heavy atom. The molecule has 14 nitrogen and oxygen atoms in total. The van der Waals surface area contributed by atoms with E-state index in [9.17, 15) is 9.59 Å². The fraction of sp³-hybridized carbons (Fsp3) is 0.619. The van der Waals surface area contributed by atoms with E-state index in [1.54, 1.807) is 72.8 Å². The zero-order valence-electron chi connectivity index (χ0n) is 63.5. The van der Waals surface area contributed by atoms with Crippen LogP contribution in [0.1, 0.15) is 272 Å². The molecule has 5 rings (SSSR count). The van der Waals surface area contributed by atoms with E-state index in [1.807, 2.05) is 13.8 Å². The van der Waals surface area contributed by atoms with Crippen LogP contribution in [0.3, 0.4) is 0 Å². The molecule has 0 aliphatic carbocycles. The number of nitrogens with one attached hydrogen (secondary N) is 2. The van der Waals surface area contributed by atoms with E-state index in [-0.39, 0.29) is 0 Å². The fourth-order valence-corrected chi connectivity index (χ4v) is 12.9. The first-order chi connectivity index (χ1) is 47.8. The van der Waals surface area contributed by atoms with Crippen molar-refractivity contribution in [2.45, 2.75) is 251 Å². The second-order valence-corrected chi connectivity index (χ2v) is 27.4. The van der Waals surface area contributed by atoms with E-state index < -0.39 is 11.9 Å². The van der Waals surface area contributed by atoms with Gasteiger partial charge in [-0.05, 0) is 173 Å². The summed E-state index contributed by atoms with van der Waals surface area (Å²) in [6, 6.07) is 29.0. The minimum atomic E-state index is -0.535. The Balaban J connectivity index is 1.33. The number of rotatable bonds is 52. The predicted molar refractivity (Wildman–Crippen MR) is 414 cm³/mol. The van der Waals surface area contributed by atoms with Crippen LogP contribution in [0.4, 0.5) is 45.5 Å². The Bertz CT molecular complexity index is 2820. The van der Waals surface area contributed by atoms with Gasteiger partial charge in [0.1, 0.15) is 34.4 Å². The lowest BCUT2D eigenvalue weighted by molar-refractivity contribution is 0.0719. The van der Waals surface area contributed by atoms with E-state index in [4.69, 9.17) is 39.4 Å². The van der Waals surface area contributed by atoms with E-state index in [0.29, 0.717) is 94.1 Å². The largest absolute Gasteiger partial charge is 0.492 e. The van der Waals surface area contributed by atoms with Crippen LogP contribution in [0, 0.1) is 35.5 Å². The zero-order chi connectivity index (χ0) is 70.9. The van der Waals surface area contributed by atoms with Crippen LogP contribution >= 0.6 is 0 Å². The first kappa shape index (κ1) is 81.7. The van der Waals surface area contributed by atoms with Crippen molar-refractivity contribution < 1.29 is 28.5 Å². The van der Waals surface area contributed by atoms with Crippen molar-refractivity contribution in [1.29, 1.82) is 0 Å². The van der Waals surface area contributed by atoms with Crippen molar-refractivity contribution in [3.8, 4) is 23.0 Å². The second kappa shape index (κ2) is 47.2. The summed E-state index contributed by atoms with van der Waals surface area (Å²) in [5, 5.41) is 26.9. The van der Waals surface area contributed by atoms with Gasteiger partial charge in [-0.2, -0.15) is 10.2 Å². The van der Waals surface area contributed by atoms with Crippen molar-refractivity contribution in [1.82, 2.24) is 0 Å². The van der Waals surface area contributed by atoms with Gasteiger partial charge in [-0.3, -0.25) is 0 Å². The maximum Gasteiger partial charge on any atom is 0.343 e. The molecule has 0 saturated heterocycles. The normalized spacial score (nSPS) is 13.4. The Morgan fingerprint density at radius 2 is 0.653 bits per heavy atom. The molecule has 0 aliphatic heterocycles. The van der Waals surface area contributed by atoms with Gasteiger partial charge in [0.05, 0.1) is 58.5 Å². The van der Waals surface area contributed by atoms with Gasteiger partial charge in [-0.25, -0.2) is 9.59 Å². The van der Waals surface area contributed by atoms with Crippen molar-refractivity contribution in [2.75, 3.05) is 72.9 Å². The average molecular weight is 1350 g/mol. The standard InChI is InChI=1S/C84H130N8O6/c1-15-29-35-63(21-7)57-85-75-53-79(91(59-65(23-9)37-31-17-3)60-66(24-10)38-32-18-4)81(95-27-13)55-77(75)89-87-71-45-41-69(42-46-71)83(93)97-73-49-51-74(52-50-73)98-84(94)70-43-47-72(48-44-70)88-90-78-56-82(96-28-14)80(54-76(78)86-58-64(22-8)36-30-16-2)92(61-67(25-11)39-33-19-5)62-68(26-12)40-34-20-6/h41-56,63-68,85-86H,15-40,57-62H2,1-14H3/b89-87+,90-88+. The summed E-state index contributed by atoms with van der Waals surface area (Å²) < 4.78 is 24.6. The molecule has 5 aromatic rings. The number of anilines is 4. The number of hydrogen-bond donors (Lipinski definition) is 2. The van der Waals surface area contributed by atoms with E-state index in [0.717, 1.165) is 112 Å². The molecule has 14 heteroatoms. The number of carbonyl (C=O) groups excluding carboxylic acids is 2. The van der Waals surface area contributed by atoms with Crippen molar-refractivity contribution in [3.05, 3.63) is 108 Å². The topological polar surface area (TPSA) is 151 Å². The third-order valence-electron chi connectivity index (χ3n) is 19.8. The Hall–Kier alpha value is -6.96. The molecule has 2 N–H and O–H groups in total. The second-order valence-electron chi connectivity index (χ2n) is 27.4. The number of esters is 2. The summed E-state index contributed by atoms with van der Waals surface area (Å²) in [5.41, 5.74) is 7.43.